The van der Waals surface area contributed by atoms with Gasteiger partial charge < -0.3 is 4.74 Å². The number of amides is 3. The van der Waals surface area contributed by atoms with E-state index in [9.17, 15) is 27.6 Å². The van der Waals surface area contributed by atoms with Crippen LogP contribution in [0.4, 0.5) is 18.9 Å². The molecule has 0 fully saturated rings. The van der Waals surface area contributed by atoms with Gasteiger partial charge in [-0.1, -0.05) is 30.3 Å². The number of carbonyl (C=O) groups is 3. The lowest BCUT2D eigenvalue weighted by atomic mass is 10.1. The molecule has 3 aromatic rings. The van der Waals surface area contributed by atoms with E-state index in [0.29, 0.717) is 21.3 Å². The Morgan fingerprint density at radius 2 is 1.28 bits per heavy atom. The maximum Gasteiger partial charge on any atom is 0.471 e. The normalized spacial score (nSPS) is 13.2. The summed E-state index contributed by atoms with van der Waals surface area (Å²) in [5, 5.41) is 0. The number of benzene rings is 3. The van der Waals surface area contributed by atoms with Crippen molar-refractivity contribution in [1.82, 2.24) is 4.90 Å². The molecule has 0 aliphatic carbocycles. The fourth-order valence-electron chi connectivity index (χ4n) is 3.24. The molecule has 1 aliphatic rings. The third-order valence-electron chi connectivity index (χ3n) is 4.78. The molecule has 1 aliphatic heterocycles. The van der Waals surface area contributed by atoms with Crippen LogP contribution in [0.25, 0.3) is 0 Å². The molecule has 1 heterocycles. The Morgan fingerprint density at radius 3 is 1.81 bits per heavy atom. The molecule has 0 N–H and O–H groups in total. The standard InChI is InChI=1S/C23H15F3N2O4/c24-23(25,26)22(31)27(14-28-20(29)18-8-4-5-9-19(18)21(28)30)15-10-12-17(13-11-15)32-16-6-2-1-3-7-16/h1-13H,14H2. The number of anilines is 1. The van der Waals surface area contributed by atoms with Crippen LogP contribution in [-0.2, 0) is 4.79 Å². The van der Waals surface area contributed by atoms with E-state index in [-0.39, 0.29) is 16.8 Å². The van der Waals surface area contributed by atoms with Gasteiger partial charge in [0.1, 0.15) is 18.2 Å². The Morgan fingerprint density at radius 1 is 0.781 bits per heavy atom. The predicted octanol–water partition coefficient (Wildman–Crippen LogP) is 4.63. The number of rotatable bonds is 5. The van der Waals surface area contributed by atoms with E-state index < -0.39 is 30.6 Å². The summed E-state index contributed by atoms with van der Waals surface area (Å²) in [5.41, 5.74) is -0.00340. The van der Waals surface area contributed by atoms with Crippen molar-refractivity contribution in [2.24, 2.45) is 0 Å². The van der Waals surface area contributed by atoms with Crippen LogP contribution in [-0.4, -0.2) is 35.5 Å². The Labute approximate surface area is 180 Å². The molecule has 9 heteroatoms. The molecule has 0 radical (unpaired) electrons. The Kier molecular flexibility index (Phi) is 5.40. The van der Waals surface area contributed by atoms with E-state index >= 15 is 0 Å². The summed E-state index contributed by atoms with van der Waals surface area (Å²) < 4.78 is 45.4. The third kappa shape index (κ3) is 4.04. The van der Waals surface area contributed by atoms with E-state index in [1.807, 2.05) is 0 Å². The number of para-hydroxylation sites is 1. The molecule has 162 valence electrons. The quantitative estimate of drug-likeness (QED) is 0.543. The average Bonchev–Trinajstić information content (AvgIpc) is 3.02. The zero-order chi connectivity index (χ0) is 22.9. The topological polar surface area (TPSA) is 66.9 Å². The van der Waals surface area contributed by atoms with Gasteiger partial charge in [0.05, 0.1) is 11.1 Å². The molecule has 0 aromatic heterocycles. The SMILES string of the molecule is O=C1c2ccccc2C(=O)N1CN(C(=O)C(F)(F)F)c1ccc(Oc2ccccc2)cc1. The van der Waals surface area contributed by atoms with Gasteiger partial charge in [-0.05, 0) is 48.5 Å². The van der Waals surface area contributed by atoms with E-state index in [1.165, 1.54) is 48.5 Å². The molecule has 0 unspecified atom stereocenters. The molecule has 3 aromatic carbocycles. The van der Waals surface area contributed by atoms with Gasteiger partial charge in [0.25, 0.3) is 11.8 Å². The number of nitrogens with zero attached hydrogens (tertiary/aromatic N) is 2. The summed E-state index contributed by atoms with van der Waals surface area (Å²) in [5.74, 6) is -2.88. The van der Waals surface area contributed by atoms with Crippen molar-refractivity contribution >= 4 is 23.4 Å². The van der Waals surface area contributed by atoms with E-state index in [4.69, 9.17) is 4.74 Å². The summed E-state index contributed by atoms with van der Waals surface area (Å²) in [7, 11) is 0. The van der Waals surface area contributed by atoms with Crippen LogP contribution in [0.3, 0.4) is 0 Å². The van der Waals surface area contributed by atoms with Gasteiger partial charge in [-0.3, -0.25) is 24.2 Å². The highest BCUT2D eigenvalue weighted by atomic mass is 19.4. The largest absolute Gasteiger partial charge is 0.471 e. The highest BCUT2D eigenvalue weighted by Crippen LogP contribution is 2.30. The molecule has 0 atom stereocenters. The first kappa shape index (κ1) is 21.1. The molecule has 32 heavy (non-hydrogen) atoms. The van der Waals surface area contributed by atoms with Crippen molar-refractivity contribution < 1.29 is 32.3 Å². The first-order chi connectivity index (χ1) is 15.3. The fourth-order valence-corrected chi connectivity index (χ4v) is 3.24. The minimum atomic E-state index is -5.21. The van der Waals surface area contributed by atoms with Gasteiger partial charge in [0, 0.05) is 5.69 Å². The van der Waals surface area contributed by atoms with Gasteiger partial charge in [-0.2, -0.15) is 13.2 Å². The van der Waals surface area contributed by atoms with Crippen molar-refractivity contribution in [2.45, 2.75) is 6.18 Å². The number of alkyl halides is 3. The van der Waals surface area contributed by atoms with Crippen LogP contribution in [0.2, 0.25) is 0 Å². The molecular weight excluding hydrogens is 425 g/mol. The second kappa shape index (κ2) is 8.18. The van der Waals surface area contributed by atoms with Gasteiger partial charge in [-0.15, -0.1) is 0 Å². The molecule has 0 bridgehead atoms. The maximum absolute atomic E-state index is 13.3. The minimum absolute atomic E-state index is 0.0727. The maximum atomic E-state index is 13.3. The lowest BCUT2D eigenvalue weighted by Gasteiger charge is -2.27. The number of hydrogen-bond acceptors (Lipinski definition) is 4. The van der Waals surface area contributed by atoms with Crippen LogP contribution >= 0.6 is 0 Å². The van der Waals surface area contributed by atoms with E-state index in [1.54, 1.807) is 30.3 Å². The summed E-state index contributed by atoms with van der Waals surface area (Å²) in [6.45, 7) is -0.885. The minimum Gasteiger partial charge on any atom is -0.457 e. The fraction of sp³-hybridized carbons (Fsp3) is 0.0870. The Bertz CT molecular complexity index is 1140. The van der Waals surface area contributed by atoms with Crippen LogP contribution < -0.4 is 9.64 Å². The molecular formula is C23H15F3N2O4. The highest BCUT2D eigenvalue weighted by Gasteiger charge is 2.45. The molecule has 0 spiro atoms. The van der Waals surface area contributed by atoms with Crippen molar-refractivity contribution in [3.8, 4) is 11.5 Å². The molecule has 0 saturated heterocycles. The highest BCUT2D eigenvalue weighted by molar-refractivity contribution is 6.21. The van der Waals surface area contributed by atoms with E-state index in [0.717, 1.165) is 0 Å². The lowest BCUT2D eigenvalue weighted by Crippen LogP contribution is -2.49. The number of carbonyl (C=O) groups excluding carboxylic acids is 3. The second-order valence-electron chi connectivity index (χ2n) is 6.87. The predicted molar refractivity (Wildman–Crippen MR) is 108 cm³/mol. The number of imide groups is 1. The zero-order valence-electron chi connectivity index (χ0n) is 16.4. The van der Waals surface area contributed by atoms with Crippen LogP contribution in [0.1, 0.15) is 20.7 Å². The van der Waals surface area contributed by atoms with Crippen molar-refractivity contribution in [3.05, 3.63) is 90.0 Å². The van der Waals surface area contributed by atoms with Crippen molar-refractivity contribution in [2.75, 3.05) is 11.6 Å². The van der Waals surface area contributed by atoms with E-state index in [2.05, 4.69) is 0 Å². The van der Waals surface area contributed by atoms with Crippen LogP contribution in [0, 0.1) is 0 Å². The first-order valence-electron chi connectivity index (χ1n) is 9.42. The van der Waals surface area contributed by atoms with Crippen molar-refractivity contribution in [3.63, 3.8) is 0 Å². The van der Waals surface area contributed by atoms with Crippen LogP contribution in [0.15, 0.2) is 78.9 Å². The van der Waals surface area contributed by atoms with Crippen molar-refractivity contribution in [1.29, 1.82) is 0 Å². The first-order valence-corrected chi connectivity index (χ1v) is 9.42. The van der Waals surface area contributed by atoms with Gasteiger partial charge in [0.2, 0.25) is 0 Å². The summed E-state index contributed by atoms with van der Waals surface area (Å²) in [6, 6.07) is 19.9. The molecule has 4 rings (SSSR count). The summed E-state index contributed by atoms with van der Waals surface area (Å²) in [6.07, 6.45) is -5.21. The number of hydrogen-bond donors (Lipinski definition) is 0. The Hall–Kier alpha value is -4.14. The summed E-state index contributed by atoms with van der Waals surface area (Å²) >= 11 is 0. The second-order valence-corrected chi connectivity index (χ2v) is 6.87. The summed E-state index contributed by atoms with van der Waals surface area (Å²) in [4.78, 5) is 38.2. The average molecular weight is 440 g/mol. The Balaban J connectivity index is 1.61. The van der Waals surface area contributed by atoms with Crippen LogP contribution in [0.5, 0.6) is 11.5 Å². The molecule has 0 saturated carbocycles. The monoisotopic (exact) mass is 440 g/mol. The molecule has 3 amide bonds. The number of halogens is 3. The van der Waals surface area contributed by atoms with Gasteiger partial charge in [-0.25, -0.2) is 0 Å². The zero-order valence-corrected chi connectivity index (χ0v) is 16.4. The van der Waals surface area contributed by atoms with Gasteiger partial charge >= 0.3 is 12.1 Å². The smallest absolute Gasteiger partial charge is 0.457 e. The number of ether oxygens (including phenoxy) is 1. The lowest BCUT2D eigenvalue weighted by molar-refractivity contribution is -0.170. The van der Waals surface area contributed by atoms with Gasteiger partial charge in [0.15, 0.2) is 0 Å². The number of fused-ring (bicyclic) bond motifs is 1. The molecule has 6 nitrogen and oxygen atoms in total. The third-order valence-corrected chi connectivity index (χ3v) is 4.78.